The van der Waals surface area contributed by atoms with Crippen LogP contribution >= 0.6 is 0 Å². The summed E-state index contributed by atoms with van der Waals surface area (Å²) in [5, 5.41) is 11.4. The van der Waals surface area contributed by atoms with Gasteiger partial charge in [-0.25, -0.2) is 4.98 Å². The van der Waals surface area contributed by atoms with Crippen molar-refractivity contribution in [2.75, 3.05) is 4.90 Å². The van der Waals surface area contributed by atoms with Crippen molar-refractivity contribution >= 4 is 130 Å². The lowest BCUT2D eigenvalue weighted by Gasteiger charge is -2.34. The van der Waals surface area contributed by atoms with E-state index in [2.05, 4.69) is 293 Å². The summed E-state index contributed by atoms with van der Waals surface area (Å²) in [6, 6.07) is 103. The van der Waals surface area contributed by atoms with Gasteiger partial charge in [-0.2, -0.15) is 15.1 Å². The molecule has 418 valence electrons. The maximum Gasteiger partial charge on any atom is 0.442 e. The van der Waals surface area contributed by atoms with Crippen LogP contribution in [-0.4, -0.2) is 61.2 Å². The highest BCUT2D eigenvalue weighted by molar-refractivity contribution is 6.73. The standard InChI is InChI=1S/C76H47B2N11O/c1-3-18-48(19-4-1)50-20-17-23-56(44-50)85-73-59-41-36-51(45-65(59)82-89(73)78(86-70-31-14-9-26-62(70)79-74(85)86)53-38-43-68-61(47-53)58-25-7-12-29-66(58)83(68)54-21-5-2-6-22-54)49-34-39-55(40-35-49)84-67-30-13-8-24-57(67)60-46-52(37-42-69(60)84)77-87-71-32-15-10-27-63(71)80-75(87)90-76-81-64-28-11-16-33-72(64)88(76)77/h1-47H. The van der Waals surface area contributed by atoms with Crippen LogP contribution in [0.2, 0.25) is 0 Å². The first-order chi connectivity index (χ1) is 44.6. The number of aromatic nitrogens is 10. The summed E-state index contributed by atoms with van der Waals surface area (Å²) in [6.45, 7) is -0.710. The minimum atomic E-state index is -0.403. The van der Waals surface area contributed by atoms with Crippen LogP contribution in [-0.2, 0) is 0 Å². The number of fused-ring (bicyclic) bond motifs is 18. The molecule has 0 fully saturated rings. The van der Waals surface area contributed by atoms with Crippen LogP contribution in [0.25, 0.3) is 121 Å². The molecule has 12 nitrogen and oxygen atoms in total. The number of para-hydroxylation sites is 9. The van der Waals surface area contributed by atoms with Gasteiger partial charge in [0.25, 0.3) is 12.0 Å². The molecule has 8 heterocycles. The summed E-state index contributed by atoms with van der Waals surface area (Å²) in [4.78, 5) is 17.8. The highest BCUT2D eigenvalue weighted by Crippen LogP contribution is 2.46. The van der Waals surface area contributed by atoms with Gasteiger partial charge in [0, 0.05) is 38.3 Å². The van der Waals surface area contributed by atoms with Crippen molar-refractivity contribution in [1.82, 2.24) is 47.2 Å². The monoisotopic (exact) mass is 1150 g/mol. The minimum Gasteiger partial charge on any atom is -0.393 e. The molecule has 20 rings (SSSR count). The molecule has 0 atom stereocenters. The highest BCUT2D eigenvalue weighted by Gasteiger charge is 2.42. The molecule has 0 spiro atoms. The number of anilines is 3. The van der Waals surface area contributed by atoms with Crippen LogP contribution in [0.1, 0.15) is 0 Å². The van der Waals surface area contributed by atoms with Crippen LogP contribution in [0.5, 0.6) is 12.0 Å². The average Bonchev–Trinajstić information content (AvgIpc) is 1.57. The Labute approximate surface area is 514 Å². The molecule has 0 saturated carbocycles. The second-order valence-electron chi connectivity index (χ2n) is 23.5. The first-order valence-corrected chi connectivity index (χ1v) is 30.4. The van der Waals surface area contributed by atoms with Crippen molar-refractivity contribution in [1.29, 1.82) is 0 Å². The largest absolute Gasteiger partial charge is 0.442 e. The van der Waals surface area contributed by atoms with E-state index >= 15 is 0 Å². The summed E-state index contributed by atoms with van der Waals surface area (Å²) in [6.07, 6.45) is 0. The average molecular weight is 1150 g/mol. The van der Waals surface area contributed by atoms with E-state index in [4.69, 9.17) is 24.8 Å². The molecule has 0 N–H and O–H groups in total. The SMILES string of the molecule is c1ccc(-c2cccc(N3c4c5ccc(-c6ccc(-n7c8ccccc8c8cc(B9n%10c(nc%11ccccc%11%10)Oc%10nc%11ccccc%11n%109)ccc87)cc6)cc5nn4B(c4ccc5c(c4)c4ccccc4n5-c4ccccc4)n4c3nc3ccccc34)c2)cc1. The van der Waals surface area contributed by atoms with E-state index in [0.717, 1.165) is 133 Å². The normalized spacial score (nSPS) is 12.9. The lowest BCUT2D eigenvalue weighted by molar-refractivity contribution is 0.393. The van der Waals surface area contributed by atoms with Gasteiger partial charge in [-0.15, -0.1) is 0 Å². The second kappa shape index (κ2) is 18.7. The number of rotatable bonds is 7. The number of nitrogens with zero attached hydrogens (tertiary/aromatic N) is 11. The number of imidazole rings is 3. The Morgan fingerprint density at radius 1 is 0.289 bits per heavy atom. The molecule has 2 aliphatic rings. The van der Waals surface area contributed by atoms with Crippen molar-refractivity contribution in [2.45, 2.75) is 0 Å². The van der Waals surface area contributed by atoms with Crippen LogP contribution in [0.4, 0.5) is 17.5 Å². The van der Waals surface area contributed by atoms with E-state index in [-0.39, 0.29) is 6.98 Å². The summed E-state index contributed by atoms with van der Waals surface area (Å²) in [5.74, 6) is 1.76. The summed E-state index contributed by atoms with van der Waals surface area (Å²) in [7, 11) is 0. The van der Waals surface area contributed by atoms with Gasteiger partial charge in [0.05, 0.1) is 66.4 Å². The van der Waals surface area contributed by atoms with Crippen LogP contribution in [0.3, 0.4) is 0 Å². The quantitative estimate of drug-likeness (QED) is 0.148. The van der Waals surface area contributed by atoms with E-state index in [1.54, 1.807) is 0 Å². The first-order valence-electron chi connectivity index (χ1n) is 30.4. The van der Waals surface area contributed by atoms with Crippen molar-refractivity contribution in [3.05, 3.63) is 285 Å². The summed E-state index contributed by atoms with van der Waals surface area (Å²) < 4.78 is 20.3. The third-order valence-electron chi connectivity index (χ3n) is 18.6. The van der Waals surface area contributed by atoms with Gasteiger partial charge in [0.15, 0.2) is 0 Å². The fourth-order valence-corrected chi connectivity index (χ4v) is 14.7. The molecule has 90 heavy (non-hydrogen) atoms. The molecule has 0 aliphatic carbocycles. The molecule has 18 aromatic rings. The number of benzene rings is 12. The molecule has 0 unspecified atom stereocenters. The van der Waals surface area contributed by atoms with Gasteiger partial charge in [0.1, 0.15) is 5.82 Å². The zero-order chi connectivity index (χ0) is 58.7. The molecule has 0 amide bonds. The zero-order valence-corrected chi connectivity index (χ0v) is 48.1. The summed E-state index contributed by atoms with van der Waals surface area (Å²) >= 11 is 0. The topological polar surface area (TPSA) is 93.6 Å². The Balaban J connectivity index is 0.734. The molecular formula is C76H47B2N11O. The van der Waals surface area contributed by atoms with E-state index < -0.39 is 6.98 Å². The Bertz CT molecular complexity index is 5920. The van der Waals surface area contributed by atoms with Gasteiger partial charge >= 0.3 is 14.0 Å². The first kappa shape index (κ1) is 49.0. The second-order valence-corrected chi connectivity index (χ2v) is 23.5. The van der Waals surface area contributed by atoms with Gasteiger partial charge in [-0.1, -0.05) is 176 Å². The fourth-order valence-electron chi connectivity index (χ4n) is 14.7. The Kier molecular flexibility index (Phi) is 10.2. The predicted octanol–water partition coefficient (Wildman–Crippen LogP) is 16.1. The van der Waals surface area contributed by atoms with Gasteiger partial charge in [-0.3, -0.25) is 9.49 Å². The zero-order valence-electron chi connectivity index (χ0n) is 48.1. The summed E-state index contributed by atoms with van der Waals surface area (Å²) in [5.41, 5.74) is 20.8. The van der Waals surface area contributed by atoms with E-state index in [1.807, 2.05) is 24.3 Å². The number of hydrogen-bond acceptors (Lipinski definition) is 6. The lowest BCUT2D eigenvalue weighted by atomic mass is 9.66. The smallest absolute Gasteiger partial charge is 0.393 e. The van der Waals surface area contributed by atoms with Crippen LogP contribution in [0, 0.1) is 0 Å². The Morgan fingerprint density at radius 3 is 1.39 bits per heavy atom. The molecule has 0 bridgehead atoms. The third-order valence-corrected chi connectivity index (χ3v) is 18.6. The van der Waals surface area contributed by atoms with Crippen molar-refractivity contribution in [3.8, 4) is 45.6 Å². The maximum absolute atomic E-state index is 6.50. The molecule has 2 aliphatic heterocycles. The van der Waals surface area contributed by atoms with Crippen LogP contribution in [0.15, 0.2) is 285 Å². The van der Waals surface area contributed by atoms with Gasteiger partial charge in [-0.05, 0) is 142 Å². The maximum atomic E-state index is 6.50. The lowest BCUT2D eigenvalue weighted by Crippen LogP contribution is -2.50. The van der Waals surface area contributed by atoms with E-state index in [9.17, 15) is 0 Å². The molecular weight excluding hydrogens is 1100 g/mol. The van der Waals surface area contributed by atoms with Gasteiger partial charge < -0.3 is 27.3 Å². The highest BCUT2D eigenvalue weighted by atomic mass is 16.5. The number of hydrogen-bond donors (Lipinski definition) is 0. The van der Waals surface area contributed by atoms with Crippen molar-refractivity contribution < 1.29 is 4.74 Å². The molecule has 0 saturated heterocycles. The van der Waals surface area contributed by atoms with E-state index in [0.29, 0.717) is 12.0 Å². The molecule has 14 heteroatoms. The van der Waals surface area contributed by atoms with Crippen LogP contribution < -0.4 is 20.6 Å². The Hall–Kier alpha value is -12.2. The molecule has 12 aromatic carbocycles. The molecule has 0 radical (unpaired) electrons. The van der Waals surface area contributed by atoms with Crippen molar-refractivity contribution in [2.24, 2.45) is 0 Å². The van der Waals surface area contributed by atoms with Crippen molar-refractivity contribution in [3.63, 3.8) is 0 Å². The fraction of sp³-hybridized carbons (Fsp3) is 0. The van der Waals surface area contributed by atoms with E-state index in [1.165, 1.54) is 16.2 Å². The predicted molar refractivity (Wildman–Crippen MR) is 366 cm³/mol. The Morgan fingerprint density at radius 2 is 0.756 bits per heavy atom. The molecule has 6 aromatic heterocycles. The van der Waals surface area contributed by atoms with Gasteiger partial charge in [0.2, 0.25) is 5.95 Å². The number of ether oxygens (including phenoxy) is 1. The third kappa shape index (κ3) is 7.03. The minimum absolute atomic E-state index is 0.307.